The molecule has 0 atom stereocenters. The van der Waals surface area contributed by atoms with Crippen LogP contribution in [0.25, 0.3) is 0 Å². The van der Waals surface area contributed by atoms with Crippen molar-refractivity contribution < 1.29 is 4.79 Å². The standard InChI is InChI=1S/C13H15N3OS/c14-13-16-11(9-18-13)8-15-12(17)7-6-10-4-2-1-3-5-10/h1-5,9H,6-8H2,(H2,14,16)(H,15,17). The molecular weight excluding hydrogens is 246 g/mol. The van der Waals surface area contributed by atoms with Crippen molar-refractivity contribution in [3.8, 4) is 0 Å². The van der Waals surface area contributed by atoms with Gasteiger partial charge in [-0.3, -0.25) is 4.79 Å². The van der Waals surface area contributed by atoms with E-state index in [1.165, 1.54) is 16.9 Å². The second-order valence-corrected chi connectivity index (χ2v) is 4.83. The summed E-state index contributed by atoms with van der Waals surface area (Å²) in [7, 11) is 0. The Labute approximate surface area is 110 Å². The topological polar surface area (TPSA) is 68.0 Å². The van der Waals surface area contributed by atoms with Crippen LogP contribution < -0.4 is 11.1 Å². The van der Waals surface area contributed by atoms with Crippen LogP contribution in [0.15, 0.2) is 35.7 Å². The first kappa shape index (κ1) is 12.6. The van der Waals surface area contributed by atoms with Crippen molar-refractivity contribution in [3.05, 3.63) is 47.0 Å². The minimum atomic E-state index is 0.0328. The van der Waals surface area contributed by atoms with Crippen LogP contribution in [0.2, 0.25) is 0 Å². The van der Waals surface area contributed by atoms with Crippen LogP contribution in [0, 0.1) is 0 Å². The molecule has 4 nitrogen and oxygen atoms in total. The number of hydrogen-bond acceptors (Lipinski definition) is 4. The number of hydrogen-bond donors (Lipinski definition) is 2. The molecule has 5 heteroatoms. The highest BCUT2D eigenvalue weighted by Gasteiger charge is 2.04. The molecule has 1 aromatic carbocycles. The Morgan fingerprint density at radius 3 is 2.78 bits per heavy atom. The van der Waals surface area contributed by atoms with E-state index in [0.29, 0.717) is 18.1 Å². The molecule has 0 aliphatic carbocycles. The van der Waals surface area contributed by atoms with Crippen molar-refractivity contribution in [2.24, 2.45) is 0 Å². The summed E-state index contributed by atoms with van der Waals surface area (Å²) in [6.07, 6.45) is 1.25. The molecule has 0 aliphatic rings. The Balaban J connectivity index is 1.73. The predicted molar refractivity (Wildman–Crippen MR) is 73.1 cm³/mol. The SMILES string of the molecule is Nc1nc(CNC(=O)CCc2ccccc2)cs1. The van der Waals surface area contributed by atoms with E-state index in [-0.39, 0.29) is 5.91 Å². The van der Waals surface area contributed by atoms with Crippen molar-refractivity contribution in [1.29, 1.82) is 0 Å². The van der Waals surface area contributed by atoms with E-state index in [4.69, 9.17) is 5.73 Å². The maximum atomic E-state index is 11.6. The van der Waals surface area contributed by atoms with Crippen molar-refractivity contribution in [2.45, 2.75) is 19.4 Å². The lowest BCUT2D eigenvalue weighted by molar-refractivity contribution is -0.121. The number of nitrogens with one attached hydrogen (secondary N) is 1. The molecule has 0 bridgehead atoms. The second kappa shape index (κ2) is 6.16. The first-order valence-electron chi connectivity index (χ1n) is 5.74. The number of anilines is 1. The van der Waals surface area contributed by atoms with Gasteiger partial charge in [-0.25, -0.2) is 4.98 Å². The van der Waals surface area contributed by atoms with Crippen LogP contribution in [0.5, 0.6) is 0 Å². The van der Waals surface area contributed by atoms with Gasteiger partial charge in [0.2, 0.25) is 5.91 Å². The Bertz CT molecular complexity index is 510. The Hall–Kier alpha value is -1.88. The normalized spacial score (nSPS) is 10.2. The van der Waals surface area contributed by atoms with Crippen molar-refractivity contribution in [1.82, 2.24) is 10.3 Å². The highest BCUT2D eigenvalue weighted by atomic mass is 32.1. The summed E-state index contributed by atoms with van der Waals surface area (Å²) < 4.78 is 0. The molecule has 0 saturated heterocycles. The lowest BCUT2D eigenvalue weighted by Gasteiger charge is -2.03. The summed E-state index contributed by atoms with van der Waals surface area (Å²) in [5.41, 5.74) is 7.50. The maximum absolute atomic E-state index is 11.6. The zero-order valence-electron chi connectivity index (χ0n) is 9.93. The quantitative estimate of drug-likeness (QED) is 0.864. The summed E-state index contributed by atoms with van der Waals surface area (Å²) in [5.74, 6) is 0.0328. The van der Waals surface area contributed by atoms with E-state index in [0.717, 1.165) is 12.1 Å². The number of rotatable bonds is 5. The summed E-state index contributed by atoms with van der Waals surface area (Å²) >= 11 is 1.38. The van der Waals surface area contributed by atoms with E-state index in [1.54, 1.807) is 0 Å². The van der Waals surface area contributed by atoms with Gasteiger partial charge in [0, 0.05) is 11.8 Å². The van der Waals surface area contributed by atoms with Gasteiger partial charge in [0.25, 0.3) is 0 Å². The lowest BCUT2D eigenvalue weighted by Crippen LogP contribution is -2.23. The molecule has 0 fully saturated rings. The average molecular weight is 261 g/mol. The molecule has 1 aromatic heterocycles. The number of carbonyl (C=O) groups excluding carboxylic acids is 1. The van der Waals surface area contributed by atoms with E-state index in [9.17, 15) is 4.79 Å². The second-order valence-electron chi connectivity index (χ2n) is 3.94. The molecule has 2 aromatic rings. The fourth-order valence-electron chi connectivity index (χ4n) is 1.58. The van der Waals surface area contributed by atoms with E-state index in [1.807, 2.05) is 35.7 Å². The summed E-state index contributed by atoms with van der Waals surface area (Å²) in [6, 6.07) is 9.97. The van der Waals surface area contributed by atoms with E-state index < -0.39 is 0 Å². The fraction of sp³-hybridized carbons (Fsp3) is 0.231. The fourth-order valence-corrected chi connectivity index (χ4v) is 2.15. The third-order valence-electron chi connectivity index (χ3n) is 2.52. The molecule has 1 heterocycles. The number of benzene rings is 1. The zero-order valence-corrected chi connectivity index (χ0v) is 10.7. The average Bonchev–Trinajstić information content (AvgIpc) is 2.81. The molecule has 0 unspecified atom stereocenters. The molecule has 0 radical (unpaired) electrons. The minimum absolute atomic E-state index is 0.0328. The van der Waals surface area contributed by atoms with Gasteiger partial charge < -0.3 is 11.1 Å². The first-order chi connectivity index (χ1) is 8.74. The molecule has 94 valence electrons. The van der Waals surface area contributed by atoms with Gasteiger partial charge in [0.1, 0.15) is 0 Å². The summed E-state index contributed by atoms with van der Waals surface area (Å²) in [6.45, 7) is 0.446. The smallest absolute Gasteiger partial charge is 0.220 e. The van der Waals surface area contributed by atoms with Crippen LogP contribution in [0.3, 0.4) is 0 Å². The highest BCUT2D eigenvalue weighted by Crippen LogP contribution is 2.10. The number of nitrogen functional groups attached to an aromatic ring is 1. The predicted octanol–water partition coefficient (Wildman–Crippen LogP) is 1.97. The molecule has 0 aliphatic heterocycles. The number of amides is 1. The Morgan fingerprint density at radius 2 is 2.11 bits per heavy atom. The van der Waals surface area contributed by atoms with Crippen molar-refractivity contribution in [2.75, 3.05) is 5.73 Å². The number of nitrogens with zero attached hydrogens (tertiary/aromatic N) is 1. The van der Waals surface area contributed by atoms with Gasteiger partial charge in [0.15, 0.2) is 5.13 Å². The largest absolute Gasteiger partial charge is 0.375 e. The van der Waals surface area contributed by atoms with Crippen LogP contribution in [0.4, 0.5) is 5.13 Å². The number of nitrogens with two attached hydrogens (primary N) is 1. The van der Waals surface area contributed by atoms with Crippen LogP contribution in [-0.4, -0.2) is 10.9 Å². The first-order valence-corrected chi connectivity index (χ1v) is 6.62. The number of carbonyl (C=O) groups is 1. The summed E-state index contributed by atoms with van der Waals surface area (Å²) in [4.78, 5) is 15.7. The number of aromatic nitrogens is 1. The third kappa shape index (κ3) is 3.85. The van der Waals surface area contributed by atoms with Gasteiger partial charge in [-0.05, 0) is 12.0 Å². The van der Waals surface area contributed by atoms with Gasteiger partial charge in [-0.1, -0.05) is 30.3 Å². The Kier molecular flexibility index (Phi) is 4.30. The Morgan fingerprint density at radius 1 is 1.33 bits per heavy atom. The molecule has 18 heavy (non-hydrogen) atoms. The van der Waals surface area contributed by atoms with Crippen LogP contribution in [-0.2, 0) is 17.8 Å². The van der Waals surface area contributed by atoms with Crippen molar-refractivity contribution in [3.63, 3.8) is 0 Å². The van der Waals surface area contributed by atoms with Crippen LogP contribution in [0.1, 0.15) is 17.7 Å². The highest BCUT2D eigenvalue weighted by molar-refractivity contribution is 7.13. The van der Waals surface area contributed by atoms with Gasteiger partial charge in [-0.2, -0.15) is 0 Å². The zero-order chi connectivity index (χ0) is 12.8. The van der Waals surface area contributed by atoms with Crippen molar-refractivity contribution >= 4 is 22.4 Å². The van der Waals surface area contributed by atoms with Gasteiger partial charge in [-0.15, -0.1) is 11.3 Å². The summed E-state index contributed by atoms with van der Waals surface area (Å²) in [5, 5.41) is 5.22. The molecule has 3 N–H and O–H groups in total. The maximum Gasteiger partial charge on any atom is 0.220 e. The van der Waals surface area contributed by atoms with E-state index in [2.05, 4.69) is 10.3 Å². The lowest BCUT2D eigenvalue weighted by atomic mass is 10.1. The monoisotopic (exact) mass is 261 g/mol. The van der Waals surface area contributed by atoms with Gasteiger partial charge in [0.05, 0.1) is 12.2 Å². The molecular formula is C13H15N3OS. The van der Waals surface area contributed by atoms with Crippen LogP contribution >= 0.6 is 11.3 Å². The molecule has 0 spiro atoms. The third-order valence-corrected chi connectivity index (χ3v) is 3.24. The number of aryl methyl sites for hydroxylation is 1. The molecule has 1 amide bonds. The van der Waals surface area contributed by atoms with Gasteiger partial charge >= 0.3 is 0 Å². The van der Waals surface area contributed by atoms with E-state index >= 15 is 0 Å². The minimum Gasteiger partial charge on any atom is -0.375 e. The molecule has 2 rings (SSSR count). The number of thiazole rings is 1. The molecule has 0 saturated carbocycles.